The molecule has 0 unspecified atom stereocenters. The summed E-state index contributed by atoms with van der Waals surface area (Å²) in [7, 11) is -8.36. The Balaban J connectivity index is -0.000000209. The van der Waals surface area contributed by atoms with E-state index in [1.165, 1.54) is 0 Å². The van der Waals surface area contributed by atoms with Crippen molar-refractivity contribution in [3.8, 4) is 0 Å². The molecule has 0 fully saturated rings. The zero-order chi connectivity index (χ0) is 16.4. The summed E-state index contributed by atoms with van der Waals surface area (Å²) < 4.78 is 37.0. The zero-order valence-electron chi connectivity index (χ0n) is 10.8. The second-order valence-electron chi connectivity index (χ2n) is 3.80. The lowest BCUT2D eigenvalue weighted by Crippen LogP contribution is -2.10. The molecule has 0 rings (SSSR count). The van der Waals surface area contributed by atoms with E-state index in [2.05, 4.69) is 6.58 Å². The summed E-state index contributed by atoms with van der Waals surface area (Å²) >= 11 is 0. The van der Waals surface area contributed by atoms with Gasteiger partial charge >= 0.3 is 7.82 Å². The van der Waals surface area contributed by atoms with Gasteiger partial charge in [-0.25, -0.2) is 4.57 Å². The highest BCUT2D eigenvalue weighted by molar-refractivity contribution is 7.85. The van der Waals surface area contributed by atoms with Gasteiger partial charge in [0.25, 0.3) is 10.1 Å². The minimum Gasteiger partial charge on any atom is -0.366 e. The molecule has 0 bridgehead atoms. The number of primary amides is 1. The predicted molar refractivity (Wildman–Crippen MR) is 69.5 cm³/mol. The minimum absolute atomic E-state index is 0.00463. The number of phosphoric acid groups is 1. The molecule has 9 nitrogen and oxygen atoms in total. The highest BCUT2D eigenvalue weighted by Crippen LogP contribution is 2.25. The molecule has 0 aromatic carbocycles. The van der Waals surface area contributed by atoms with Crippen LogP contribution >= 0.6 is 7.82 Å². The minimum atomic E-state index is -4.64. The summed E-state index contributed by atoms with van der Waals surface area (Å²) in [5.41, 5.74) is 5.09. The van der Waals surface area contributed by atoms with Crippen molar-refractivity contribution >= 4 is 23.8 Å². The summed E-state index contributed by atoms with van der Waals surface area (Å²) in [6, 6.07) is 0. The van der Waals surface area contributed by atoms with E-state index in [1.54, 1.807) is 20.8 Å². The highest BCUT2D eigenvalue weighted by Gasteiger charge is 2.06. The normalized spacial score (nSPS) is 10.7. The van der Waals surface area contributed by atoms with Crippen molar-refractivity contribution in [3.63, 3.8) is 0 Å². The maximum absolute atomic E-state index is 10.00. The zero-order valence-corrected chi connectivity index (χ0v) is 12.6. The van der Waals surface area contributed by atoms with Crippen molar-refractivity contribution < 1.29 is 37.0 Å². The third kappa shape index (κ3) is 59.0. The Morgan fingerprint density at radius 2 is 1.53 bits per heavy atom. The van der Waals surface area contributed by atoms with Crippen LogP contribution in [-0.4, -0.2) is 39.3 Å². The first-order chi connectivity index (χ1) is 8.06. The van der Waals surface area contributed by atoms with Gasteiger partial charge < -0.3 is 20.4 Å². The molecular formula is C8H20NO8PS. The summed E-state index contributed by atoms with van der Waals surface area (Å²) in [6.45, 7) is 8.31. The Bertz CT molecular complexity index is 404. The lowest BCUT2D eigenvalue weighted by molar-refractivity contribution is -0.114. The molecule has 0 saturated carbocycles. The van der Waals surface area contributed by atoms with Crippen LogP contribution in [0.1, 0.15) is 20.8 Å². The smallest absolute Gasteiger partial charge is 0.366 e. The summed E-state index contributed by atoms with van der Waals surface area (Å²) in [4.78, 5) is 31.4. The molecule has 1 amide bonds. The Morgan fingerprint density at radius 1 is 1.32 bits per heavy atom. The van der Waals surface area contributed by atoms with Gasteiger partial charge in [0.2, 0.25) is 5.91 Å². The number of hydrogen-bond acceptors (Lipinski definition) is 4. The average molecular weight is 321 g/mol. The van der Waals surface area contributed by atoms with E-state index in [1.807, 2.05) is 0 Å². The van der Waals surface area contributed by atoms with Gasteiger partial charge in [0.15, 0.2) is 0 Å². The standard InChI is InChI=1S/C4H7NO.C4H10O3S.H3O4P/c1-3(2)4(5)6;1-4(2)3-8(5,6)7;1-5(2,3)4/h1H2,2H3,(H2,5,6);4H,3H2,1-2H3,(H,5,6,7);(H3,1,2,3,4). The molecule has 0 spiro atoms. The van der Waals surface area contributed by atoms with E-state index in [4.69, 9.17) is 29.5 Å². The third-order valence-electron chi connectivity index (χ3n) is 0.965. The van der Waals surface area contributed by atoms with Crippen molar-refractivity contribution in [2.45, 2.75) is 20.8 Å². The summed E-state index contributed by atoms with van der Waals surface area (Å²) in [6.07, 6.45) is 0. The molecule has 0 saturated heterocycles. The van der Waals surface area contributed by atoms with E-state index in [-0.39, 0.29) is 11.7 Å². The number of carbonyl (C=O) groups excluding carboxylic acids is 1. The highest BCUT2D eigenvalue weighted by atomic mass is 32.2. The Labute approximate surface area is 112 Å². The van der Waals surface area contributed by atoms with Gasteiger partial charge in [-0.1, -0.05) is 20.4 Å². The summed E-state index contributed by atoms with van der Waals surface area (Å²) in [5.74, 6) is -0.576. The van der Waals surface area contributed by atoms with Gasteiger partial charge in [0, 0.05) is 5.57 Å². The topological polar surface area (TPSA) is 175 Å². The SMILES string of the molecule is C=C(C)C(N)=O.CC(C)CS(=O)(=O)O.O=P(O)(O)O. The van der Waals surface area contributed by atoms with E-state index in [0.29, 0.717) is 5.57 Å². The lowest BCUT2D eigenvalue weighted by atomic mass is 10.3. The lowest BCUT2D eigenvalue weighted by Gasteiger charge is -1.97. The molecule has 0 heterocycles. The van der Waals surface area contributed by atoms with Crippen LogP contribution in [0, 0.1) is 5.92 Å². The Morgan fingerprint density at radius 3 is 1.53 bits per heavy atom. The molecule has 0 aliphatic carbocycles. The molecule has 19 heavy (non-hydrogen) atoms. The van der Waals surface area contributed by atoms with E-state index in [9.17, 15) is 13.2 Å². The van der Waals surface area contributed by atoms with Crippen molar-refractivity contribution in [3.05, 3.63) is 12.2 Å². The quantitative estimate of drug-likeness (QED) is 0.266. The van der Waals surface area contributed by atoms with Crippen molar-refractivity contribution in [1.82, 2.24) is 0 Å². The second-order valence-corrected chi connectivity index (χ2v) is 6.32. The van der Waals surface area contributed by atoms with Gasteiger partial charge in [-0.15, -0.1) is 0 Å². The fraction of sp³-hybridized carbons (Fsp3) is 0.625. The third-order valence-corrected chi connectivity index (χ3v) is 2.05. The molecule has 116 valence electrons. The summed E-state index contributed by atoms with van der Waals surface area (Å²) in [5, 5.41) is 0. The fourth-order valence-corrected chi connectivity index (χ4v) is 1.26. The van der Waals surface area contributed by atoms with Crippen LogP contribution in [0.3, 0.4) is 0 Å². The van der Waals surface area contributed by atoms with Crippen molar-refractivity contribution in [1.29, 1.82) is 0 Å². The van der Waals surface area contributed by atoms with Crippen LogP contribution in [0.4, 0.5) is 0 Å². The average Bonchev–Trinajstić information content (AvgIpc) is 1.95. The Kier molecular flexibility index (Phi) is 12.4. The fourth-order valence-electron chi connectivity index (χ4n) is 0.421. The Hall–Kier alpha value is -0.770. The van der Waals surface area contributed by atoms with Gasteiger partial charge in [-0.2, -0.15) is 8.42 Å². The molecule has 11 heteroatoms. The van der Waals surface area contributed by atoms with Crippen LogP contribution < -0.4 is 5.73 Å². The van der Waals surface area contributed by atoms with Crippen LogP contribution in [-0.2, 0) is 19.5 Å². The molecule has 0 radical (unpaired) electrons. The van der Waals surface area contributed by atoms with E-state index in [0.717, 1.165) is 0 Å². The molecule has 0 atom stereocenters. The largest absolute Gasteiger partial charge is 0.466 e. The second kappa shape index (κ2) is 10.1. The molecule has 0 aliphatic heterocycles. The predicted octanol–water partition coefficient (Wildman–Crippen LogP) is -0.351. The van der Waals surface area contributed by atoms with E-state index >= 15 is 0 Å². The number of hydrogen-bond donors (Lipinski definition) is 5. The monoisotopic (exact) mass is 321 g/mol. The first-order valence-corrected chi connectivity index (χ1v) is 7.92. The van der Waals surface area contributed by atoms with Crippen LogP contribution in [0.5, 0.6) is 0 Å². The van der Waals surface area contributed by atoms with Gasteiger partial charge in [-0.05, 0) is 12.8 Å². The van der Waals surface area contributed by atoms with Crippen LogP contribution in [0.2, 0.25) is 0 Å². The first kappa shape index (κ1) is 23.3. The van der Waals surface area contributed by atoms with Crippen LogP contribution in [0.15, 0.2) is 12.2 Å². The maximum Gasteiger partial charge on any atom is 0.466 e. The molecule has 0 aromatic rings. The number of rotatable bonds is 3. The van der Waals surface area contributed by atoms with Gasteiger partial charge in [0.05, 0.1) is 5.75 Å². The maximum atomic E-state index is 10.00. The molecule has 6 N–H and O–H groups in total. The van der Waals surface area contributed by atoms with E-state index < -0.39 is 23.8 Å². The number of nitrogens with two attached hydrogens (primary N) is 1. The molecule has 0 aliphatic rings. The van der Waals surface area contributed by atoms with Gasteiger partial charge in [0.1, 0.15) is 0 Å². The molecular weight excluding hydrogens is 301 g/mol. The van der Waals surface area contributed by atoms with Gasteiger partial charge in [-0.3, -0.25) is 9.35 Å². The number of carbonyl (C=O) groups is 1. The van der Waals surface area contributed by atoms with Crippen molar-refractivity contribution in [2.75, 3.05) is 5.75 Å². The van der Waals surface area contributed by atoms with Crippen molar-refractivity contribution in [2.24, 2.45) is 11.7 Å². The van der Waals surface area contributed by atoms with Crippen LogP contribution in [0.25, 0.3) is 0 Å². The molecule has 0 aromatic heterocycles. The number of amides is 1. The first-order valence-electron chi connectivity index (χ1n) is 4.75.